The van der Waals surface area contributed by atoms with Crippen LogP contribution in [0.15, 0.2) is 37.1 Å². The number of pyridine rings is 1. The van der Waals surface area contributed by atoms with Gasteiger partial charge in [0.05, 0.1) is 11.6 Å². The van der Waals surface area contributed by atoms with E-state index in [-0.39, 0.29) is 0 Å². The number of hydrogen-bond donors (Lipinski definition) is 1. The van der Waals surface area contributed by atoms with Gasteiger partial charge in [0, 0.05) is 26.0 Å². The smallest absolute Gasteiger partial charge is 0.163 e. The minimum atomic E-state index is 0.811. The molecule has 0 aliphatic rings. The van der Waals surface area contributed by atoms with Crippen molar-refractivity contribution in [1.29, 1.82) is 0 Å². The topological polar surface area (TPSA) is 68.5 Å². The van der Waals surface area contributed by atoms with E-state index < -0.39 is 0 Å². The summed E-state index contributed by atoms with van der Waals surface area (Å²) in [5.41, 5.74) is 2.08. The van der Waals surface area contributed by atoms with Crippen molar-refractivity contribution in [3.8, 4) is 0 Å². The zero-order chi connectivity index (χ0) is 13.1. The average molecular weight is 254 g/mol. The highest BCUT2D eigenvalue weighted by atomic mass is 15.3. The highest BCUT2D eigenvalue weighted by Gasteiger charge is 2.06. The normalized spacial score (nSPS) is 10.8. The van der Waals surface area contributed by atoms with Gasteiger partial charge in [0.2, 0.25) is 0 Å². The Morgan fingerprint density at radius 1 is 1.21 bits per heavy atom. The number of rotatable bonds is 4. The molecule has 3 aromatic heterocycles. The number of fused-ring (bicyclic) bond motifs is 1. The molecule has 0 saturated heterocycles. The summed E-state index contributed by atoms with van der Waals surface area (Å²) in [7, 11) is 1.87. The maximum absolute atomic E-state index is 4.26. The molecule has 0 spiro atoms. The highest BCUT2D eigenvalue weighted by Crippen LogP contribution is 2.17. The maximum atomic E-state index is 4.26. The number of nitrogens with zero attached hydrogens (tertiary/aromatic N) is 5. The fourth-order valence-electron chi connectivity index (χ4n) is 1.98. The van der Waals surface area contributed by atoms with Gasteiger partial charge >= 0.3 is 0 Å². The summed E-state index contributed by atoms with van der Waals surface area (Å²) >= 11 is 0. The van der Waals surface area contributed by atoms with Crippen molar-refractivity contribution in [3.05, 3.63) is 42.6 Å². The Kier molecular flexibility index (Phi) is 3.06. The number of aromatic nitrogens is 5. The molecular formula is C13H14N6. The van der Waals surface area contributed by atoms with Gasteiger partial charge in [-0.3, -0.25) is 9.67 Å². The Balaban J connectivity index is 1.72. The fraction of sp³-hybridized carbons (Fsp3) is 0.231. The minimum Gasteiger partial charge on any atom is -0.369 e. The van der Waals surface area contributed by atoms with Crippen LogP contribution < -0.4 is 5.32 Å². The molecule has 1 N–H and O–H groups in total. The van der Waals surface area contributed by atoms with Crippen LogP contribution in [0.3, 0.4) is 0 Å². The predicted octanol–water partition coefficient (Wildman–Crippen LogP) is 1.41. The second-order valence-electron chi connectivity index (χ2n) is 4.26. The van der Waals surface area contributed by atoms with E-state index >= 15 is 0 Å². The highest BCUT2D eigenvalue weighted by molar-refractivity contribution is 5.85. The quantitative estimate of drug-likeness (QED) is 0.762. The largest absolute Gasteiger partial charge is 0.369 e. The first kappa shape index (κ1) is 11.6. The molecule has 0 aliphatic carbocycles. The fourth-order valence-corrected chi connectivity index (χ4v) is 1.98. The van der Waals surface area contributed by atoms with Crippen LogP contribution in [-0.2, 0) is 13.5 Å². The third kappa shape index (κ3) is 2.37. The van der Waals surface area contributed by atoms with Gasteiger partial charge in [0.15, 0.2) is 5.65 Å². The second-order valence-corrected chi connectivity index (χ2v) is 4.26. The first-order chi connectivity index (χ1) is 9.34. The van der Waals surface area contributed by atoms with Crippen molar-refractivity contribution < 1.29 is 0 Å². The van der Waals surface area contributed by atoms with Crippen LogP contribution in [0.2, 0.25) is 0 Å². The molecule has 3 rings (SSSR count). The van der Waals surface area contributed by atoms with Crippen molar-refractivity contribution in [2.45, 2.75) is 6.42 Å². The minimum absolute atomic E-state index is 0.811. The summed E-state index contributed by atoms with van der Waals surface area (Å²) < 4.78 is 1.74. The van der Waals surface area contributed by atoms with E-state index in [2.05, 4.69) is 25.4 Å². The average Bonchev–Trinajstić information content (AvgIpc) is 2.83. The second kappa shape index (κ2) is 5.01. The van der Waals surface area contributed by atoms with Crippen molar-refractivity contribution in [2.75, 3.05) is 11.9 Å². The molecule has 0 radical (unpaired) electrons. The summed E-state index contributed by atoms with van der Waals surface area (Å²) in [6.07, 6.45) is 7.87. The molecule has 6 heteroatoms. The van der Waals surface area contributed by atoms with Gasteiger partial charge in [-0.2, -0.15) is 5.10 Å². The lowest BCUT2D eigenvalue weighted by Gasteiger charge is -2.06. The van der Waals surface area contributed by atoms with Gasteiger partial charge in [-0.25, -0.2) is 9.97 Å². The molecule has 0 fully saturated rings. The third-order valence-corrected chi connectivity index (χ3v) is 2.98. The molecular weight excluding hydrogens is 240 g/mol. The van der Waals surface area contributed by atoms with Gasteiger partial charge in [0.1, 0.15) is 12.1 Å². The van der Waals surface area contributed by atoms with Crippen LogP contribution >= 0.6 is 0 Å². The van der Waals surface area contributed by atoms with E-state index in [9.17, 15) is 0 Å². The number of anilines is 1. The zero-order valence-corrected chi connectivity index (χ0v) is 10.6. The van der Waals surface area contributed by atoms with Crippen molar-refractivity contribution in [1.82, 2.24) is 24.7 Å². The Morgan fingerprint density at radius 3 is 2.89 bits per heavy atom. The molecule has 3 aromatic rings. The van der Waals surface area contributed by atoms with E-state index in [1.807, 2.05) is 19.2 Å². The van der Waals surface area contributed by atoms with E-state index in [1.54, 1.807) is 29.6 Å². The monoisotopic (exact) mass is 254 g/mol. The summed E-state index contributed by atoms with van der Waals surface area (Å²) in [6, 6.07) is 4.03. The van der Waals surface area contributed by atoms with Crippen LogP contribution in [0.25, 0.3) is 11.0 Å². The van der Waals surface area contributed by atoms with E-state index in [0.717, 1.165) is 29.8 Å². The molecule has 96 valence electrons. The lowest BCUT2D eigenvalue weighted by Crippen LogP contribution is -2.07. The molecule has 0 aliphatic heterocycles. The van der Waals surface area contributed by atoms with Crippen molar-refractivity contribution in [3.63, 3.8) is 0 Å². The summed E-state index contributed by atoms with van der Waals surface area (Å²) in [6.45, 7) is 0.811. The lowest BCUT2D eigenvalue weighted by molar-refractivity contribution is 0.785. The standard InChI is InChI=1S/C13H14N6/c1-19-13-11(8-18-19)12(16-9-17-13)15-7-4-10-2-5-14-6-3-10/h2-3,5-6,8-9H,4,7H2,1H3,(H,15,16,17). The summed E-state index contributed by atoms with van der Waals surface area (Å²) in [5, 5.41) is 8.46. The van der Waals surface area contributed by atoms with Gasteiger partial charge in [-0.05, 0) is 24.1 Å². The van der Waals surface area contributed by atoms with Crippen LogP contribution in [0.1, 0.15) is 5.56 Å². The summed E-state index contributed by atoms with van der Waals surface area (Å²) in [4.78, 5) is 12.5. The third-order valence-electron chi connectivity index (χ3n) is 2.98. The maximum Gasteiger partial charge on any atom is 0.163 e. The first-order valence-corrected chi connectivity index (χ1v) is 6.10. The molecule has 6 nitrogen and oxygen atoms in total. The molecule has 0 aromatic carbocycles. The van der Waals surface area contributed by atoms with Crippen LogP contribution in [0.5, 0.6) is 0 Å². The predicted molar refractivity (Wildman–Crippen MR) is 72.7 cm³/mol. The lowest BCUT2D eigenvalue weighted by atomic mass is 10.2. The summed E-state index contributed by atoms with van der Waals surface area (Å²) in [5.74, 6) is 0.826. The Morgan fingerprint density at radius 2 is 2.05 bits per heavy atom. The van der Waals surface area contributed by atoms with Crippen LogP contribution in [0, 0.1) is 0 Å². The van der Waals surface area contributed by atoms with E-state index in [0.29, 0.717) is 0 Å². The number of aryl methyl sites for hydroxylation is 1. The number of hydrogen-bond acceptors (Lipinski definition) is 5. The molecule has 0 amide bonds. The molecule has 19 heavy (non-hydrogen) atoms. The van der Waals surface area contributed by atoms with Crippen molar-refractivity contribution in [2.24, 2.45) is 7.05 Å². The SMILES string of the molecule is Cn1ncc2c(NCCc3ccncc3)ncnc21. The molecule has 0 atom stereocenters. The van der Waals surface area contributed by atoms with Gasteiger partial charge in [-0.15, -0.1) is 0 Å². The molecule has 0 saturated carbocycles. The van der Waals surface area contributed by atoms with Gasteiger partial charge in [0.25, 0.3) is 0 Å². The van der Waals surface area contributed by atoms with E-state index in [1.165, 1.54) is 5.56 Å². The molecule has 0 unspecified atom stereocenters. The Bertz CT molecular complexity index is 676. The number of nitrogens with one attached hydrogen (secondary N) is 1. The first-order valence-electron chi connectivity index (χ1n) is 6.10. The van der Waals surface area contributed by atoms with Crippen molar-refractivity contribution >= 4 is 16.9 Å². The molecule has 3 heterocycles. The van der Waals surface area contributed by atoms with E-state index in [4.69, 9.17) is 0 Å². The van der Waals surface area contributed by atoms with Crippen LogP contribution in [0.4, 0.5) is 5.82 Å². The van der Waals surface area contributed by atoms with Gasteiger partial charge in [-0.1, -0.05) is 0 Å². The zero-order valence-electron chi connectivity index (χ0n) is 10.6. The van der Waals surface area contributed by atoms with Crippen LogP contribution in [-0.4, -0.2) is 31.3 Å². The molecule has 0 bridgehead atoms. The Labute approximate surface area is 110 Å². The van der Waals surface area contributed by atoms with Gasteiger partial charge < -0.3 is 5.32 Å². The Hall–Kier alpha value is -2.50.